The van der Waals surface area contributed by atoms with Crippen molar-refractivity contribution in [2.45, 2.75) is 5.92 Å². The van der Waals surface area contributed by atoms with Gasteiger partial charge in [-0.3, -0.25) is 0 Å². The fourth-order valence-electron chi connectivity index (χ4n) is 3.53. The number of hydrogen-bond donors (Lipinski definition) is 1. The molecule has 0 saturated carbocycles. The lowest BCUT2D eigenvalue weighted by atomic mass is 9.98. The first-order chi connectivity index (χ1) is 14.6. The Kier molecular flexibility index (Phi) is 5.62. The molecule has 2 aromatic carbocycles. The van der Waals surface area contributed by atoms with Gasteiger partial charge in [-0.25, -0.2) is 14.8 Å². The Hall–Kier alpha value is -3.85. The van der Waals surface area contributed by atoms with E-state index in [9.17, 15) is 4.79 Å². The Morgan fingerprint density at radius 3 is 2.23 bits per heavy atom. The Morgan fingerprint density at radius 1 is 1.03 bits per heavy atom. The molecule has 0 bridgehead atoms. The minimum absolute atomic E-state index is 0.0431. The third-order valence-corrected chi connectivity index (χ3v) is 4.94. The Morgan fingerprint density at radius 2 is 1.63 bits per heavy atom. The second kappa shape index (κ2) is 8.66. The van der Waals surface area contributed by atoms with Gasteiger partial charge in [0.2, 0.25) is 5.95 Å². The zero-order valence-electron chi connectivity index (χ0n) is 16.9. The molecule has 150 valence electrons. The van der Waals surface area contributed by atoms with E-state index in [0.717, 1.165) is 0 Å². The van der Waals surface area contributed by atoms with Crippen LogP contribution in [-0.2, 0) is 4.74 Å². The van der Waals surface area contributed by atoms with Crippen molar-refractivity contribution >= 4 is 12.0 Å². The number of alkyl carbamates (subject to hydrolysis) is 1. The van der Waals surface area contributed by atoms with Gasteiger partial charge in [0.05, 0.1) is 12.1 Å². The maximum Gasteiger partial charge on any atom is 0.407 e. The van der Waals surface area contributed by atoms with Gasteiger partial charge in [0.15, 0.2) is 0 Å². The van der Waals surface area contributed by atoms with Crippen LogP contribution in [0, 0.1) is 11.8 Å². The number of ether oxygens (including phenoxy) is 1. The highest BCUT2D eigenvalue weighted by Crippen LogP contribution is 2.44. The summed E-state index contributed by atoms with van der Waals surface area (Å²) in [5.41, 5.74) is 5.47. The molecule has 0 fully saturated rings. The lowest BCUT2D eigenvalue weighted by Gasteiger charge is -2.14. The van der Waals surface area contributed by atoms with E-state index in [-0.39, 0.29) is 19.1 Å². The van der Waals surface area contributed by atoms with Gasteiger partial charge < -0.3 is 15.0 Å². The molecule has 3 aromatic rings. The first-order valence-electron chi connectivity index (χ1n) is 9.70. The molecule has 1 aromatic heterocycles. The molecule has 1 heterocycles. The summed E-state index contributed by atoms with van der Waals surface area (Å²) in [4.78, 5) is 22.3. The number of aromatic nitrogens is 2. The SMILES string of the molecule is CN(C)c1ncc(C#CCNC(=O)OCC2c3ccccc3-c3ccccc32)cn1. The van der Waals surface area contributed by atoms with Crippen LogP contribution in [0.4, 0.5) is 10.7 Å². The van der Waals surface area contributed by atoms with Crippen LogP contribution in [0.3, 0.4) is 0 Å². The third-order valence-electron chi connectivity index (χ3n) is 4.94. The second-order valence-corrected chi connectivity index (χ2v) is 7.15. The van der Waals surface area contributed by atoms with E-state index in [1.54, 1.807) is 12.4 Å². The van der Waals surface area contributed by atoms with Crippen LogP contribution >= 0.6 is 0 Å². The van der Waals surface area contributed by atoms with Crippen LogP contribution in [0.15, 0.2) is 60.9 Å². The standard InChI is InChI=1S/C24H22N4O2/c1-28(2)23-26-14-17(15-27-23)8-7-13-25-24(29)30-16-22-20-11-5-3-9-18(20)19-10-4-6-12-21(19)22/h3-6,9-12,14-15,22H,13,16H2,1-2H3,(H,25,29). The number of nitrogens with one attached hydrogen (secondary N) is 1. The predicted octanol–water partition coefficient (Wildman–Crippen LogP) is 3.43. The normalized spacial score (nSPS) is 11.7. The maximum atomic E-state index is 12.1. The molecule has 1 aliphatic carbocycles. The molecule has 6 heteroatoms. The minimum Gasteiger partial charge on any atom is -0.449 e. The van der Waals surface area contributed by atoms with Gasteiger partial charge in [-0.05, 0) is 22.3 Å². The van der Waals surface area contributed by atoms with Crippen molar-refractivity contribution in [2.75, 3.05) is 32.1 Å². The van der Waals surface area contributed by atoms with Gasteiger partial charge in [-0.1, -0.05) is 60.4 Å². The van der Waals surface area contributed by atoms with Crippen LogP contribution < -0.4 is 10.2 Å². The van der Waals surface area contributed by atoms with Crippen LogP contribution in [0.1, 0.15) is 22.6 Å². The number of anilines is 1. The molecule has 0 spiro atoms. The largest absolute Gasteiger partial charge is 0.449 e. The van der Waals surface area contributed by atoms with Gasteiger partial charge in [0, 0.05) is 32.4 Å². The highest BCUT2D eigenvalue weighted by atomic mass is 16.5. The summed E-state index contributed by atoms with van der Waals surface area (Å²) >= 11 is 0. The van der Waals surface area contributed by atoms with E-state index in [1.165, 1.54) is 22.3 Å². The lowest BCUT2D eigenvalue weighted by Crippen LogP contribution is -2.26. The summed E-state index contributed by atoms with van der Waals surface area (Å²) in [6, 6.07) is 16.5. The van der Waals surface area contributed by atoms with Gasteiger partial charge in [-0.2, -0.15) is 0 Å². The molecule has 1 aliphatic rings. The van der Waals surface area contributed by atoms with Crippen LogP contribution in [0.5, 0.6) is 0 Å². The van der Waals surface area contributed by atoms with Crippen molar-refractivity contribution in [3.8, 4) is 23.0 Å². The molecule has 6 nitrogen and oxygen atoms in total. The van der Waals surface area contributed by atoms with E-state index >= 15 is 0 Å². The van der Waals surface area contributed by atoms with Crippen molar-refractivity contribution in [3.63, 3.8) is 0 Å². The molecule has 4 rings (SSSR count). The first kappa shape index (κ1) is 19.5. The molecule has 0 aliphatic heterocycles. The molecule has 1 amide bonds. The Bertz CT molecular complexity index is 1070. The van der Waals surface area contributed by atoms with Gasteiger partial charge in [0.1, 0.15) is 6.61 Å². The Balaban J connectivity index is 1.32. The van der Waals surface area contributed by atoms with E-state index in [4.69, 9.17) is 4.74 Å². The number of carbonyl (C=O) groups excluding carboxylic acids is 1. The van der Waals surface area contributed by atoms with Crippen LogP contribution in [0.2, 0.25) is 0 Å². The van der Waals surface area contributed by atoms with E-state index in [1.807, 2.05) is 43.3 Å². The van der Waals surface area contributed by atoms with Gasteiger partial charge >= 0.3 is 6.09 Å². The summed E-state index contributed by atoms with van der Waals surface area (Å²) in [6.45, 7) is 0.471. The first-order valence-corrected chi connectivity index (χ1v) is 9.70. The van der Waals surface area contributed by atoms with E-state index in [2.05, 4.69) is 51.4 Å². The molecule has 0 unspecified atom stereocenters. The maximum absolute atomic E-state index is 12.1. The zero-order valence-corrected chi connectivity index (χ0v) is 16.9. The van der Waals surface area contributed by atoms with E-state index < -0.39 is 6.09 Å². The molecule has 0 atom stereocenters. The highest BCUT2D eigenvalue weighted by Gasteiger charge is 2.28. The fourth-order valence-corrected chi connectivity index (χ4v) is 3.53. The smallest absolute Gasteiger partial charge is 0.407 e. The molecule has 0 radical (unpaired) electrons. The molecular formula is C24H22N4O2. The number of amides is 1. The quantitative estimate of drug-likeness (QED) is 0.682. The van der Waals surface area contributed by atoms with Crippen molar-refractivity contribution in [1.29, 1.82) is 0 Å². The average molecular weight is 398 g/mol. The summed E-state index contributed by atoms with van der Waals surface area (Å²) < 4.78 is 5.49. The van der Waals surface area contributed by atoms with E-state index in [0.29, 0.717) is 11.5 Å². The molecule has 30 heavy (non-hydrogen) atoms. The topological polar surface area (TPSA) is 67.4 Å². The summed E-state index contributed by atoms with van der Waals surface area (Å²) in [7, 11) is 3.75. The van der Waals surface area contributed by atoms with Gasteiger partial charge in [0.25, 0.3) is 0 Å². The number of benzene rings is 2. The van der Waals surface area contributed by atoms with Crippen molar-refractivity contribution < 1.29 is 9.53 Å². The third kappa shape index (κ3) is 4.11. The second-order valence-electron chi connectivity index (χ2n) is 7.15. The number of hydrogen-bond acceptors (Lipinski definition) is 5. The minimum atomic E-state index is -0.481. The van der Waals surface area contributed by atoms with Crippen molar-refractivity contribution in [3.05, 3.63) is 77.6 Å². The predicted molar refractivity (Wildman–Crippen MR) is 116 cm³/mol. The molecule has 1 N–H and O–H groups in total. The zero-order chi connectivity index (χ0) is 20.9. The van der Waals surface area contributed by atoms with Crippen LogP contribution in [-0.4, -0.2) is 43.3 Å². The summed E-state index contributed by atoms with van der Waals surface area (Å²) in [5, 5.41) is 2.67. The van der Waals surface area contributed by atoms with Crippen molar-refractivity contribution in [2.24, 2.45) is 0 Å². The highest BCUT2D eigenvalue weighted by molar-refractivity contribution is 5.79. The van der Waals surface area contributed by atoms with Crippen LogP contribution in [0.25, 0.3) is 11.1 Å². The lowest BCUT2D eigenvalue weighted by molar-refractivity contribution is 0.144. The summed E-state index contributed by atoms with van der Waals surface area (Å²) in [5.74, 6) is 6.48. The summed E-state index contributed by atoms with van der Waals surface area (Å²) in [6.07, 6.45) is 2.83. The average Bonchev–Trinajstić information content (AvgIpc) is 3.09. The van der Waals surface area contributed by atoms with Gasteiger partial charge in [-0.15, -0.1) is 0 Å². The number of carbonyl (C=O) groups is 1. The fraction of sp³-hybridized carbons (Fsp3) is 0.208. The Labute approximate surface area is 175 Å². The number of rotatable bonds is 4. The molecule has 0 saturated heterocycles. The molecular weight excluding hydrogens is 376 g/mol. The monoisotopic (exact) mass is 398 g/mol. The number of fused-ring (bicyclic) bond motifs is 3. The number of nitrogens with zero attached hydrogens (tertiary/aromatic N) is 3. The van der Waals surface area contributed by atoms with Crippen molar-refractivity contribution in [1.82, 2.24) is 15.3 Å².